The zero-order valence-electron chi connectivity index (χ0n) is 47.5. The summed E-state index contributed by atoms with van der Waals surface area (Å²) in [4.78, 5) is 140. The van der Waals surface area contributed by atoms with E-state index in [1.54, 1.807) is 64.1 Å². The zero-order valence-corrected chi connectivity index (χ0v) is 47.5. The number of hydrogen-bond acceptors (Lipinski definition) is 15. The molecule has 452 valence electrons. The van der Waals surface area contributed by atoms with Crippen LogP contribution in [0.25, 0.3) is 11.2 Å². The number of anilines is 1. The van der Waals surface area contributed by atoms with Gasteiger partial charge < -0.3 is 86.2 Å². The predicted molar refractivity (Wildman–Crippen MR) is 308 cm³/mol. The standard InChI is InChI=1S/C53H85N19O10/c1-6-32(4)43(51(81)82)70-50(80)39(26-31(2)3)69-48(78)36(16-10-11-21-60-41(74)28-71(25-20-54)42(75)29-72-30-64-44-35(55)19-24-61-45(44)72)66-46(76)37(17-12-22-62-52(56)57)67-47(77)38(18-13-23-63-53(58)59)68-49(79)40(65-33(5)73)27-34-14-8-7-9-15-34/h7-9,14-15,19,24,30-32,36-40,43H,6,10-13,16-18,20-23,25-29,54H2,1-5H3,(H2,55,61)(H,60,74)(H,65,73)(H,66,76)(H,67,77)(H,68,79)(H,69,78)(H,70,80)(H,81,82)(H4,56,57,62)(H4,58,59,63)/t32-,36-,37-,38-,39-,40-,43-/m0/s1. The molecule has 29 heteroatoms. The number of amides is 8. The quantitative estimate of drug-likeness (QED) is 0.0162. The average Bonchev–Trinajstić information content (AvgIpc) is 4.02. The molecule has 0 aliphatic heterocycles. The molecule has 0 unspecified atom stereocenters. The number of aliphatic carboxylic acids is 1. The number of benzene rings is 1. The van der Waals surface area contributed by atoms with E-state index in [1.165, 1.54) is 28.9 Å². The number of aliphatic imine (C=N–C) groups is 2. The average molecular weight is 1150 g/mol. The normalized spacial score (nSPS) is 13.6. The van der Waals surface area contributed by atoms with Gasteiger partial charge >= 0.3 is 5.97 Å². The molecule has 0 fully saturated rings. The van der Waals surface area contributed by atoms with Crippen LogP contribution in [-0.2, 0) is 56.1 Å². The Labute approximate surface area is 477 Å². The molecule has 0 saturated heterocycles. The van der Waals surface area contributed by atoms with Gasteiger partial charge in [0.05, 0.1) is 18.6 Å². The summed E-state index contributed by atoms with van der Waals surface area (Å²) in [5, 5.41) is 28.8. The van der Waals surface area contributed by atoms with Gasteiger partial charge in [0.2, 0.25) is 47.3 Å². The summed E-state index contributed by atoms with van der Waals surface area (Å²) in [7, 11) is 0. The number of fused-ring (bicyclic) bond motifs is 1. The molecule has 8 amide bonds. The molecule has 0 radical (unpaired) electrons. The van der Waals surface area contributed by atoms with Gasteiger partial charge in [0.25, 0.3) is 0 Å². The molecular weight excluding hydrogens is 1060 g/mol. The SMILES string of the molecule is CC[C@H](C)[C@H](NC(=O)[C@H](CC(C)C)NC(=O)[C@H](CCCCNC(=O)CN(CCN)C(=O)Cn1cnc2c(N)ccnc21)NC(=O)[C@H](CCCN=C(N)N)NC(=O)[C@H](CCCN=C(N)N)NC(=O)[C@H](Cc1ccccc1)NC(C)=O)C(=O)O. The number of nitrogens with zero attached hydrogens (tertiary/aromatic N) is 6. The minimum absolute atomic E-state index is 0.0289. The Hall–Kier alpha value is -8.63. The highest BCUT2D eigenvalue weighted by molar-refractivity contribution is 5.97. The highest BCUT2D eigenvalue weighted by atomic mass is 16.4. The van der Waals surface area contributed by atoms with Crippen LogP contribution in [0.15, 0.2) is 58.9 Å². The van der Waals surface area contributed by atoms with Crippen molar-refractivity contribution >= 4 is 82.0 Å². The first-order chi connectivity index (χ1) is 38.9. The van der Waals surface area contributed by atoms with Crippen LogP contribution >= 0.6 is 0 Å². The lowest BCUT2D eigenvalue weighted by atomic mass is 9.97. The van der Waals surface area contributed by atoms with Crippen LogP contribution in [0.1, 0.15) is 98.0 Å². The third-order valence-corrected chi connectivity index (χ3v) is 13.1. The first-order valence-electron chi connectivity index (χ1n) is 27.4. The van der Waals surface area contributed by atoms with Crippen LogP contribution in [0, 0.1) is 11.8 Å². The van der Waals surface area contributed by atoms with Crippen LogP contribution < -0.4 is 71.6 Å². The van der Waals surface area contributed by atoms with E-state index in [1.807, 2.05) is 0 Å². The lowest BCUT2D eigenvalue weighted by molar-refractivity contribution is -0.144. The second kappa shape index (κ2) is 35.2. The van der Waals surface area contributed by atoms with Crippen molar-refractivity contribution in [1.29, 1.82) is 0 Å². The number of guanidine groups is 2. The number of carbonyl (C=O) groups is 9. The number of carboxylic acid groups (broad SMARTS) is 1. The molecule has 82 heavy (non-hydrogen) atoms. The molecule has 29 nitrogen and oxygen atoms in total. The number of unbranched alkanes of at least 4 members (excludes halogenated alkanes) is 1. The van der Waals surface area contributed by atoms with E-state index in [0.717, 1.165) is 5.56 Å². The summed E-state index contributed by atoms with van der Waals surface area (Å²) in [6.07, 6.45) is 4.05. The van der Waals surface area contributed by atoms with E-state index < -0.39 is 95.4 Å². The molecule has 0 aliphatic carbocycles. The van der Waals surface area contributed by atoms with Crippen LogP contribution in [0.3, 0.4) is 0 Å². The first-order valence-corrected chi connectivity index (χ1v) is 27.4. The van der Waals surface area contributed by atoms with Gasteiger partial charge in [0, 0.05) is 52.3 Å². The Morgan fingerprint density at radius 3 is 1.74 bits per heavy atom. The second-order valence-corrected chi connectivity index (χ2v) is 20.3. The molecule has 1 aromatic carbocycles. The molecule has 2 aromatic heterocycles. The molecular formula is C53H85N19O10. The number of carbonyl (C=O) groups excluding carboxylic acids is 8. The Bertz CT molecular complexity index is 2660. The van der Waals surface area contributed by atoms with Gasteiger partial charge in [-0.25, -0.2) is 14.8 Å². The highest BCUT2D eigenvalue weighted by Crippen LogP contribution is 2.17. The smallest absolute Gasteiger partial charge is 0.326 e. The summed E-state index contributed by atoms with van der Waals surface area (Å²) in [6, 6.07) is 2.73. The number of nitrogens with one attached hydrogen (secondary N) is 7. The fourth-order valence-corrected chi connectivity index (χ4v) is 8.57. The molecule has 2 heterocycles. The van der Waals surface area contributed by atoms with Crippen LogP contribution in [0.2, 0.25) is 0 Å². The van der Waals surface area contributed by atoms with Gasteiger partial charge in [-0.2, -0.15) is 0 Å². The largest absolute Gasteiger partial charge is 0.480 e. The Kier molecular flexibility index (Phi) is 29.0. The van der Waals surface area contributed by atoms with E-state index in [9.17, 15) is 48.3 Å². The number of rotatable bonds is 37. The van der Waals surface area contributed by atoms with Crippen molar-refractivity contribution in [2.75, 3.05) is 45.0 Å². The molecule has 0 bridgehead atoms. The van der Waals surface area contributed by atoms with E-state index >= 15 is 0 Å². The third kappa shape index (κ3) is 24.0. The Morgan fingerprint density at radius 1 is 0.695 bits per heavy atom. The molecule has 20 N–H and O–H groups in total. The van der Waals surface area contributed by atoms with Crippen LogP contribution in [0.5, 0.6) is 0 Å². The van der Waals surface area contributed by atoms with E-state index in [2.05, 4.69) is 57.2 Å². The first kappa shape index (κ1) is 67.6. The number of aromatic nitrogens is 3. The van der Waals surface area contributed by atoms with Crippen molar-refractivity contribution in [2.24, 2.45) is 50.5 Å². The fraction of sp³-hybridized carbons (Fsp3) is 0.566. The fourth-order valence-electron chi connectivity index (χ4n) is 8.57. The summed E-state index contributed by atoms with van der Waals surface area (Å²) in [6.45, 7) is 8.07. The molecule has 0 aliphatic rings. The maximum atomic E-state index is 14.6. The molecule has 0 saturated carbocycles. The summed E-state index contributed by atoms with van der Waals surface area (Å²) in [5.41, 5.74) is 36.0. The monoisotopic (exact) mass is 1150 g/mol. The number of carboxylic acids is 1. The molecule has 0 spiro atoms. The van der Waals surface area contributed by atoms with Gasteiger partial charge in [-0.15, -0.1) is 0 Å². The van der Waals surface area contributed by atoms with Crippen LogP contribution in [-0.4, -0.2) is 165 Å². The number of hydrogen-bond donors (Lipinski definition) is 14. The number of pyridine rings is 1. The van der Waals surface area contributed by atoms with Crippen molar-refractivity contribution < 1.29 is 48.3 Å². The van der Waals surface area contributed by atoms with E-state index in [-0.39, 0.29) is 121 Å². The highest BCUT2D eigenvalue weighted by Gasteiger charge is 2.34. The molecule has 3 aromatic rings. The summed E-state index contributed by atoms with van der Waals surface area (Å²) < 4.78 is 1.51. The number of nitrogens with two attached hydrogens (primary N) is 6. The number of nitrogen functional groups attached to an aromatic ring is 1. The molecule has 7 atom stereocenters. The zero-order chi connectivity index (χ0) is 60.9. The van der Waals surface area contributed by atoms with Gasteiger partial charge in [-0.05, 0) is 74.8 Å². The van der Waals surface area contributed by atoms with Gasteiger partial charge in [0.1, 0.15) is 48.3 Å². The van der Waals surface area contributed by atoms with Gasteiger partial charge in [-0.3, -0.25) is 48.3 Å². The number of imidazole rings is 1. The Morgan fingerprint density at radius 2 is 1.23 bits per heavy atom. The van der Waals surface area contributed by atoms with Crippen molar-refractivity contribution in [3.63, 3.8) is 0 Å². The summed E-state index contributed by atoms with van der Waals surface area (Å²) in [5.74, 6) is -7.71. The topological polar surface area (TPSA) is 473 Å². The Balaban J connectivity index is 1.92. The lowest BCUT2D eigenvalue weighted by Crippen LogP contribution is -2.60. The minimum atomic E-state index is -1.40. The second-order valence-electron chi connectivity index (χ2n) is 20.3. The van der Waals surface area contributed by atoms with Gasteiger partial charge in [0.15, 0.2) is 17.6 Å². The van der Waals surface area contributed by atoms with Gasteiger partial charge in [-0.1, -0.05) is 64.4 Å². The lowest BCUT2D eigenvalue weighted by Gasteiger charge is -2.28. The van der Waals surface area contributed by atoms with E-state index in [4.69, 9.17) is 34.4 Å². The maximum absolute atomic E-state index is 14.6. The third-order valence-electron chi connectivity index (χ3n) is 13.1. The van der Waals surface area contributed by atoms with E-state index in [0.29, 0.717) is 23.3 Å². The van der Waals surface area contributed by atoms with Crippen LogP contribution in [0.4, 0.5) is 5.69 Å². The minimum Gasteiger partial charge on any atom is -0.480 e. The molecule has 3 rings (SSSR count). The van der Waals surface area contributed by atoms with Crippen molar-refractivity contribution in [1.82, 2.24) is 56.7 Å². The maximum Gasteiger partial charge on any atom is 0.326 e. The van der Waals surface area contributed by atoms with Crippen molar-refractivity contribution in [3.05, 3.63) is 54.5 Å². The van der Waals surface area contributed by atoms with Crippen molar-refractivity contribution in [3.8, 4) is 0 Å². The summed E-state index contributed by atoms with van der Waals surface area (Å²) >= 11 is 0. The van der Waals surface area contributed by atoms with Crippen molar-refractivity contribution in [2.45, 2.75) is 142 Å². The predicted octanol–water partition coefficient (Wildman–Crippen LogP) is -2.46.